The van der Waals surface area contributed by atoms with Gasteiger partial charge in [0.25, 0.3) is 0 Å². The molecule has 1 N–H and O–H groups in total. The zero-order chi connectivity index (χ0) is 10.1. The Morgan fingerprint density at radius 1 is 1.38 bits per heavy atom. The lowest BCUT2D eigenvalue weighted by Crippen LogP contribution is -2.28. The van der Waals surface area contributed by atoms with Crippen molar-refractivity contribution in [1.29, 1.82) is 0 Å². The molecule has 0 spiro atoms. The number of terminal acetylenes is 1. The maximum atomic E-state index is 5.22. The first-order chi connectivity index (χ1) is 6.20. The fourth-order valence-electron chi connectivity index (χ4n) is 1.53. The monoisotopic (exact) mass is 181 g/mol. The van der Waals surface area contributed by atoms with Gasteiger partial charge in [-0.15, -0.1) is 12.3 Å². The van der Waals surface area contributed by atoms with Gasteiger partial charge < -0.3 is 5.32 Å². The van der Waals surface area contributed by atoms with E-state index < -0.39 is 0 Å². The second-order valence-electron chi connectivity index (χ2n) is 3.94. The lowest BCUT2D eigenvalue weighted by Gasteiger charge is -2.17. The van der Waals surface area contributed by atoms with E-state index in [1.165, 1.54) is 12.8 Å². The summed E-state index contributed by atoms with van der Waals surface area (Å²) < 4.78 is 0. The van der Waals surface area contributed by atoms with E-state index in [1.54, 1.807) is 0 Å². The van der Waals surface area contributed by atoms with Crippen LogP contribution < -0.4 is 5.32 Å². The van der Waals surface area contributed by atoms with Crippen LogP contribution in [0.15, 0.2) is 0 Å². The molecule has 0 aromatic carbocycles. The van der Waals surface area contributed by atoms with Gasteiger partial charge in [0.1, 0.15) is 0 Å². The van der Waals surface area contributed by atoms with Crippen LogP contribution in [0.1, 0.15) is 46.5 Å². The Morgan fingerprint density at radius 3 is 2.62 bits per heavy atom. The van der Waals surface area contributed by atoms with E-state index in [1.807, 2.05) is 0 Å². The van der Waals surface area contributed by atoms with E-state index in [9.17, 15) is 0 Å². The zero-order valence-corrected chi connectivity index (χ0v) is 9.27. The topological polar surface area (TPSA) is 12.0 Å². The Kier molecular flexibility index (Phi) is 7.83. The smallest absolute Gasteiger partial charge is 0.00886 e. The van der Waals surface area contributed by atoms with Gasteiger partial charge in [-0.05, 0) is 38.6 Å². The highest BCUT2D eigenvalue weighted by Crippen LogP contribution is 2.11. The largest absolute Gasteiger partial charge is 0.314 e. The summed E-state index contributed by atoms with van der Waals surface area (Å²) >= 11 is 0. The molecule has 13 heavy (non-hydrogen) atoms. The highest BCUT2D eigenvalue weighted by molar-refractivity contribution is 4.84. The normalized spacial score (nSPS) is 14.9. The van der Waals surface area contributed by atoms with Gasteiger partial charge in [-0.3, -0.25) is 0 Å². The molecule has 0 aromatic heterocycles. The number of rotatable bonds is 7. The third kappa shape index (κ3) is 7.87. The van der Waals surface area contributed by atoms with Crippen LogP contribution in [0.25, 0.3) is 0 Å². The van der Waals surface area contributed by atoms with Gasteiger partial charge in [0.05, 0.1) is 0 Å². The molecule has 0 radical (unpaired) electrons. The Bertz CT molecular complexity index is 146. The van der Waals surface area contributed by atoms with Crippen LogP contribution in [0.4, 0.5) is 0 Å². The van der Waals surface area contributed by atoms with E-state index >= 15 is 0 Å². The standard InChI is InChI=1S/C12H23N/c1-5-7-8-11(3)10-12(4)13-9-6-2/h1,11-13H,6-10H2,2-4H3. The predicted octanol–water partition coefficient (Wildman–Crippen LogP) is 2.81. The molecule has 0 saturated carbocycles. The molecule has 0 bridgehead atoms. The number of nitrogens with one attached hydrogen (secondary N) is 1. The molecule has 0 amide bonds. The summed E-state index contributed by atoms with van der Waals surface area (Å²) in [5, 5.41) is 3.49. The molecule has 1 heteroatoms. The maximum Gasteiger partial charge on any atom is 0.00886 e. The van der Waals surface area contributed by atoms with Crippen molar-refractivity contribution in [3.63, 3.8) is 0 Å². The van der Waals surface area contributed by atoms with Crippen molar-refractivity contribution in [2.45, 2.75) is 52.5 Å². The first-order valence-corrected chi connectivity index (χ1v) is 5.37. The summed E-state index contributed by atoms with van der Waals surface area (Å²) in [6.07, 6.45) is 9.75. The van der Waals surface area contributed by atoms with Crippen molar-refractivity contribution in [3.8, 4) is 12.3 Å². The van der Waals surface area contributed by atoms with Gasteiger partial charge in [0.2, 0.25) is 0 Å². The van der Waals surface area contributed by atoms with Crippen molar-refractivity contribution in [2.24, 2.45) is 5.92 Å². The Hall–Kier alpha value is -0.480. The molecule has 2 atom stereocenters. The molecule has 0 aliphatic heterocycles. The lowest BCUT2D eigenvalue weighted by atomic mass is 9.98. The summed E-state index contributed by atoms with van der Waals surface area (Å²) in [5.74, 6) is 3.44. The van der Waals surface area contributed by atoms with Crippen LogP contribution in [-0.2, 0) is 0 Å². The summed E-state index contributed by atoms with van der Waals surface area (Å²) in [7, 11) is 0. The maximum absolute atomic E-state index is 5.22. The van der Waals surface area contributed by atoms with E-state index in [-0.39, 0.29) is 0 Å². The molecular formula is C12H23N. The summed E-state index contributed by atoms with van der Waals surface area (Å²) in [6.45, 7) is 7.86. The van der Waals surface area contributed by atoms with Gasteiger partial charge in [-0.2, -0.15) is 0 Å². The van der Waals surface area contributed by atoms with Crippen molar-refractivity contribution < 1.29 is 0 Å². The average Bonchev–Trinajstić information content (AvgIpc) is 2.11. The van der Waals surface area contributed by atoms with Crippen LogP contribution in [0.5, 0.6) is 0 Å². The van der Waals surface area contributed by atoms with E-state index in [4.69, 9.17) is 6.42 Å². The quantitative estimate of drug-likeness (QED) is 0.596. The first kappa shape index (κ1) is 12.5. The third-order valence-electron chi connectivity index (χ3n) is 2.28. The molecule has 0 aliphatic rings. The highest BCUT2D eigenvalue weighted by Gasteiger charge is 2.06. The van der Waals surface area contributed by atoms with Crippen LogP contribution in [0.3, 0.4) is 0 Å². The van der Waals surface area contributed by atoms with Gasteiger partial charge in [-0.25, -0.2) is 0 Å². The molecule has 0 aliphatic carbocycles. The summed E-state index contributed by atoms with van der Waals surface area (Å²) in [6, 6.07) is 0.632. The van der Waals surface area contributed by atoms with Crippen LogP contribution >= 0.6 is 0 Å². The summed E-state index contributed by atoms with van der Waals surface area (Å²) in [5.41, 5.74) is 0. The van der Waals surface area contributed by atoms with E-state index in [0.717, 1.165) is 25.3 Å². The summed E-state index contributed by atoms with van der Waals surface area (Å²) in [4.78, 5) is 0. The van der Waals surface area contributed by atoms with Gasteiger partial charge >= 0.3 is 0 Å². The number of hydrogen-bond acceptors (Lipinski definition) is 1. The van der Waals surface area contributed by atoms with Gasteiger partial charge in [0, 0.05) is 12.5 Å². The van der Waals surface area contributed by atoms with Gasteiger partial charge in [0.15, 0.2) is 0 Å². The zero-order valence-electron chi connectivity index (χ0n) is 9.27. The second kappa shape index (κ2) is 8.13. The van der Waals surface area contributed by atoms with Crippen molar-refractivity contribution in [3.05, 3.63) is 0 Å². The van der Waals surface area contributed by atoms with Gasteiger partial charge in [-0.1, -0.05) is 13.8 Å². The Morgan fingerprint density at radius 2 is 2.08 bits per heavy atom. The van der Waals surface area contributed by atoms with Crippen LogP contribution in [0, 0.1) is 18.3 Å². The number of hydrogen-bond donors (Lipinski definition) is 1. The molecule has 0 aromatic rings. The molecule has 0 saturated heterocycles. The molecule has 0 rings (SSSR count). The van der Waals surface area contributed by atoms with Crippen LogP contribution in [0.2, 0.25) is 0 Å². The Labute approximate surface area is 83.3 Å². The van der Waals surface area contributed by atoms with Crippen LogP contribution in [-0.4, -0.2) is 12.6 Å². The van der Waals surface area contributed by atoms with Crippen molar-refractivity contribution >= 4 is 0 Å². The molecule has 76 valence electrons. The Balaban J connectivity index is 3.42. The van der Waals surface area contributed by atoms with E-state index in [0.29, 0.717) is 6.04 Å². The van der Waals surface area contributed by atoms with Crippen molar-refractivity contribution in [1.82, 2.24) is 5.32 Å². The molecule has 1 nitrogen and oxygen atoms in total. The second-order valence-corrected chi connectivity index (χ2v) is 3.94. The highest BCUT2D eigenvalue weighted by atomic mass is 14.9. The fourth-order valence-corrected chi connectivity index (χ4v) is 1.53. The third-order valence-corrected chi connectivity index (χ3v) is 2.28. The average molecular weight is 181 g/mol. The minimum atomic E-state index is 0.632. The molecule has 0 heterocycles. The molecule has 0 fully saturated rings. The van der Waals surface area contributed by atoms with E-state index in [2.05, 4.69) is 32.0 Å². The minimum absolute atomic E-state index is 0.632. The predicted molar refractivity (Wildman–Crippen MR) is 59.6 cm³/mol. The lowest BCUT2D eigenvalue weighted by molar-refractivity contribution is 0.406. The molecule has 2 unspecified atom stereocenters. The van der Waals surface area contributed by atoms with Crippen molar-refractivity contribution in [2.75, 3.05) is 6.54 Å². The minimum Gasteiger partial charge on any atom is -0.314 e. The SMILES string of the molecule is C#CCCC(C)CC(C)NCCC. The first-order valence-electron chi connectivity index (χ1n) is 5.37. The fraction of sp³-hybridized carbons (Fsp3) is 0.833. The molecular weight excluding hydrogens is 158 g/mol.